The van der Waals surface area contributed by atoms with Gasteiger partial charge in [0, 0.05) is 7.05 Å². The molecule has 0 heterocycles. The lowest BCUT2D eigenvalue weighted by Gasteiger charge is -2.25. The molecule has 23 heavy (non-hydrogen) atoms. The number of ether oxygens (including phenoxy) is 1. The van der Waals surface area contributed by atoms with Gasteiger partial charge in [-0.25, -0.2) is 9.59 Å². The van der Waals surface area contributed by atoms with Crippen LogP contribution in [0.5, 0.6) is 0 Å². The van der Waals surface area contributed by atoms with E-state index in [0.29, 0.717) is 5.56 Å². The molecule has 0 aliphatic carbocycles. The van der Waals surface area contributed by atoms with Crippen LogP contribution < -0.4 is 0 Å². The Bertz CT molecular complexity index is 684. The Morgan fingerprint density at radius 3 is 2.30 bits per heavy atom. The van der Waals surface area contributed by atoms with E-state index in [9.17, 15) is 14.7 Å². The molecule has 0 fully saturated rings. The highest BCUT2D eigenvalue weighted by molar-refractivity contribution is 5.81. The van der Waals surface area contributed by atoms with E-state index in [1.807, 2.05) is 49.4 Å². The van der Waals surface area contributed by atoms with E-state index in [2.05, 4.69) is 0 Å². The molecule has 120 valence electrons. The molecule has 0 aromatic heterocycles. The van der Waals surface area contributed by atoms with Crippen molar-refractivity contribution in [1.82, 2.24) is 4.90 Å². The van der Waals surface area contributed by atoms with E-state index in [-0.39, 0.29) is 6.61 Å². The van der Waals surface area contributed by atoms with Gasteiger partial charge in [-0.1, -0.05) is 54.6 Å². The topological polar surface area (TPSA) is 66.8 Å². The summed E-state index contributed by atoms with van der Waals surface area (Å²) in [4.78, 5) is 24.9. The van der Waals surface area contributed by atoms with Crippen LogP contribution in [0.15, 0.2) is 54.6 Å². The monoisotopic (exact) mass is 313 g/mol. The molecule has 5 heteroatoms. The normalized spacial score (nSPS) is 11.6. The van der Waals surface area contributed by atoms with Crippen LogP contribution >= 0.6 is 0 Å². The van der Waals surface area contributed by atoms with Gasteiger partial charge in [0.1, 0.15) is 6.61 Å². The largest absolute Gasteiger partial charge is 0.479 e. The van der Waals surface area contributed by atoms with E-state index >= 15 is 0 Å². The van der Waals surface area contributed by atoms with E-state index < -0.39 is 18.1 Å². The van der Waals surface area contributed by atoms with Crippen LogP contribution in [0.25, 0.3) is 0 Å². The molecule has 1 N–H and O–H groups in total. The quantitative estimate of drug-likeness (QED) is 0.919. The number of aliphatic carboxylic acids is 1. The number of carbonyl (C=O) groups excluding carboxylic acids is 1. The SMILES string of the molecule is Cc1ccccc1C(C(=O)O)N(C)C(=O)OCc1ccccc1. The number of nitrogens with zero attached hydrogens (tertiary/aromatic N) is 1. The minimum absolute atomic E-state index is 0.101. The summed E-state index contributed by atoms with van der Waals surface area (Å²) in [6, 6.07) is 15.2. The Morgan fingerprint density at radius 2 is 1.70 bits per heavy atom. The van der Waals surface area contributed by atoms with Crippen LogP contribution in [0, 0.1) is 6.92 Å². The van der Waals surface area contributed by atoms with Crippen molar-refractivity contribution >= 4 is 12.1 Å². The predicted molar refractivity (Wildman–Crippen MR) is 85.9 cm³/mol. The molecule has 0 saturated heterocycles. The summed E-state index contributed by atoms with van der Waals surface area (Å²) in [5.41, 5.74) is 2.22. The van der Waals surface area contributed by atoms with Crippen LogP contribution in [-0.4, -0.2) is 29.1 Å². The lowest BCUT2D eigenvalue weighted by atomic mass is 10.0. The first-order chi connectivity index (χ1) is 11.0. The number of amides is 1. The van der Waals surface area contributed by atoms with Crippen LogP contribution in [-0.2, 0) is 16.1 Å². The summed E-state index contributed by atoms with van der Waals surface area (Å²) in [6.45, 7) is 1.92. The highest BCUT2D eigenvalue weighted by atomic mass is 16.6. The third-order valence-electron chi connectivity index (χ3n) is 3.60. The molecule has 0 saturated carbocycles. The molecule has 1 unspecified atom stereocenters. The molecule has 2 aromatic carbocycles. The first-order valence-corrected chi connectivity index (χ1v) is 7.22. The van der Waals surface area contributed by atoms with Crippen molar-refractivity contribution in [1.29, 1.82) is 0 Å². The molecule has 2 aromatic rings. The van der Waals surface area contributed by atoms with Gasteiger partial charge in [0.15, 0.2) is 6.04 Å². The van der Waals surface area contributed by atoms with Crippen molar-refractivity contribution < 1.29 is 19.4 Å². The first-order valence-electron chi connectivity index (χ1n) is 7.22. The highest BCUT2D eigenvalue weighted by Gasteiger charge is 2.30. The molecule has 5 nitrogen and oxygen atoms in total. The standard InChI is InChI=1S/C18H19NO4/c1-13-8-6-7-11-15(13)16(17(20)21)19(2)18(22)23-12-14-9-4-3-5-10-14/h3-11,16H,12H2,1-2H3,(H,20,21). The molecule has 0 spiro atoms. The summed E-state index contributed by atoms with van der Waals surface area (Å²) < 4.78 is 5.21. The zero-order chi connectivity index (χ0) is 16.8. The van der Waals surface area contributed by atoms with Gasteiger partial charge in [-0.05, 0) is 23.6 Å². The third kappa shape index (κ3) is 4.10. The molecular formula is C18H19NO4. The number of rotatable bonds is 5. The minimum atomic E-state index is -1.10. The molecule has 0 aliphatic rings. The highest BCUT2D eigenvalue weighted by Crippen LogP contribution is 2.24. The van der Waals surface area contributed by atoms with Gasteiger partial charge >= 0.3 is 12.1 Å². The van der Waals surface area contributed by atoms with E-state index in [1.165, 1.54) is 7.05 Å². The van der Waals surface area contributed by atoms with Gasteiger partial charge < -0.3 is 9.84 Å². The summed E-state index contributed by atoms with van der Waals surface area (Å²) in [5.74, 6) is -1.10. The Morgan fingerprint density at radius 1 is 1.09 bits per heavy atom. The molecular weight excluding hydrogens is 294 g/mol. The molecule has 0 bridgehead atoms. The van der Waals surface area contributed by atoms with E-state index in [1.54, 1.807) is 12.1 Å². The maximum Gasteiger partial charge on any atom is 0.410 e. The number of carbonyl (C=O) groups is 2. The van der Waals surface area contributed by atoms with E-state index in [4.69, 9.17) is 4.74 Å². The van der Waals surface area contributed by atoms with Gasteiger partial charge in [0.05, 0.1) is 0 Å². The Hall–Kier alpha value is -2.82. The molecule has 1 atom stereocenters. The Labute approximate surface area is 135 Å². The number of aryl methyl sites for hydroxylation is 1. The van der Waals surface area contributed by atoms with Crippen molar-refractivity contribution in [2.45, 2.75) is 19.6 Å². The Balaban J connectivity index is 2.12. The first kappa shape index (κ1) is 16.5. The summed E-state index contributed by atoms with van der Waals surface area (Å²) in [7, 11) is 1.43. The second-order valence-corrected chi connectivity index (χ2v) is 5.25. The second-order valence-electron chi connectivity index (χ2n) is 5.25. The lowest BCUT2D eigenvalue weighted by Crippen LogP contribution is -2.36. The molecule has 1 amide bonds. The van der Waals surface area contributed by atoms with Crippen LogP contribution in [0.2, 0.25) is 0 Å². The lowest BCUT2D eigenvalue weighted by molar-refractivity contribution is -0.142. The van der Waals surface area contributed by atoms with Crippen molar-refractivity contribution in [2.24, 2.45) is 0 Å². The average molecular weight is 313 g/mol. The number of hydrogen-bond acceptors (Lipinski definition) is 3. The average Bonchev–Trinajstić information content (AvgIpc) is 2.55. The van der Waals surface area contributed by atoms with Crippen LogP contribution in [0.1, 0.15) is 22.7 Å². The number of hydrogen-bond donors (Lipinski definition) is 1. The van der Waals surface area contributed by atoms with Crippen molar-refractivity contribution in [2.75, 3.05) is 7.05 Å². The van der Waals surface area contributed by atoms with Crippen molar-refractivity contribution in [3.8, 4) is 0 Å². The smallest absolute Gasteiger partial charge is 0.410 e. The van der Waals surface area contributed by atoms with E-state index in [0.717, 1.165) is 16.0 Å². The number of likely N-dealkylation sites (N-methyl/N-ethyl adjacent to an activating group) is 1. The fourth-order valence-corrected chi connectivity index (χ4v) is 2.33. The molecule has 2 rings (SSSR count). The summed E-state index contributed by atoms with van der Waals surface area (Å²) >= 11 is 0. The fourth-order valence-electron chi connectivity index (χ4n) is 2.33. The fraction of sp³-hybridized carbons (Fsp3) is 0.222. The van der Waals surface area contributed by atoms with Gasteiger partial charge in [0.2, 0.25) is 0 Å². The minimum Gasteiger partial charge on any atom is -0.479 e. The number of benzene rings is 2. The maximum absolute atomic E-state index is 12.2. The second kappa shape index (κ2) is 7.45. The van der Waals surface area contributed by atoms with Gasteiger partial charge in [0.25, 0.3) is 0 Å². The predicted octanol–water partition coefficient (Wildman–Crippen LogP) is 3.39. The third-order valence-corrected chi connectivity index (χ3v) is 3.60. The van der Waals surface area contributed by atoms with Gasteiger partial charge in [-0.3, -0.25) is 4.90 Å². The maximum atomic E-state index is 12.2. The van der Waals surface area contributed by atoms with Gasteiger partial charge in [-0.15, -0.1) is 0 Å². The van der Waals surface area contributed by atoms with Gasteiger partial charge in [-0.2, -0.15) is 0 Å². The number of carboxylic acid groups (broad SMARTS) is 1. The van der Waals surface area contributed by atoms with Crippen LogP contribution in [0.3, 0.4) is 0 Å². The van der Waals surface area contributed by atoms with Crippen LogP contribution in [0.4, 0.5) is 4.79 Å². The van der Waals surface area contributed by atoms with Crippen molar-refractivity contribution in [3.05, 3.63) is 71.3 Å². The number of carboxylic acids is 1. The van der Waals surface area contributed by atoms with Crippen molar-refractivity contribution in [3.63, 3.8) is 0 Å². The summed E-state index contributed by atoms with van der Waals surface area (Å²) in [6.07, 6.45) is -0.676. The summed E-state index contributed by atoms with van der Waals surface area (Å²) in [5, 5.41) is 9.51. The Kier molecular flexibility index (Phi) is 5.36. The molecule has 0 aliphatic heterocycles. The molecule has 0 radical (unpaired) electrons. The zero-order valence-electron chi connectivity index (χ0n) is 13.1. The zero-order valence-corrected chi connectivity index (χ0v) is 13.1.